The minimum atomic E-state index is -0.295. The highest BCUT2D eigenvalue weighted by atomic mass is 32.1. The van der Waals surface area contributed by atoms with Gasteiger partial charge in [0.15, 0.2) is 0 Å². The van der Waals surface area contributed by atoms with E-state index in [1.54, 1.807) is 0 Å². The van der Waals surface area contributed by atoms with Crippen molar-refractivity contribution in [3.05, 3.63) is 175 Å². The highest BCUT2D eigenvalue weighted by Gasteiger charge is 2.50. The first-order chi connectivity index (χ1) is 31.0. The van der Waals surface area contributed by atoms with Gasteiger partial charge in [0.1, 0.15) is 22.4 Å². The van der Waals surface area contributed by atoms with Crippen LogP contribution in [-0.2, 0) is 10.8 Å². The zero-order valence-electron chi connectivity index (χ0n) is 36.8. The standard InChI is InChI=1S/C58H45BN2O2S/c1-57(2,3)35-24-27-37(28-25-35)61-46-31-42-38-18-10-13-21-48(38)62-50(42)33-44(46)52-53-47(32-43-39-19-12-15-23-51(39)64-55(43)52)60(54-40-20-11-14-22-49(40)63-56(54)59(53)61)45-29-26-36(58(4,5)6)30-41(45)34-16-8-7-9-17-34/h7-33H,1-6H3. The molecule has 5 heterocycles. The van der Waals surface area contributed by atoms with Gasteiger partial charge in [-0.1, -0.05) is 139 Å². The topological polar surface area (TPSA) is 32.8 Å². The van der Waals surface area contributed by atoms with Crippen molar-refractivity contribution >= 4 is 111 Å². The molecule has 64 heavy (non-hydrogen) atoms. The van der Waals surface area contributed by atoms with E-state index in [4.69, 9.17) is 8.83 Å². The van der Waals surface area contributed by atoms with E-state index < -0.39 is 0 Å². The molecule has 6 heteroatoms. The Kier molecular flexibility index (Phi) is 7.78. The third kappa shape index (κ3) is 5.36. The average Bonchev–Trinajstić information content (AvgIpc) is 3.99. The third-order valence-electron chi connectivity index (χ3n) is 13.8. The van der Waals surface area contributed by atoms with Crippen LogP contribution in [0.5, 0.6) is 0 Å². The van der Waals surface area contributed by atoms with Gasteiger partial charge in [-0.05, 0) is 99.7 Å². The molecule has 8 aromatic carbocycles. The Labute approximate surface area is 377 Å². The molecule has 2 aliphatic heterocycles. The Hall–Kier alpha value is -7.02. The van der Waals surface area contributed by atoms with Gasteiger partial charge >= 0.3 is 6.85 Å². The van der Waals surface area contributed by atoms with Crippen LogP contribution in [0.3, 0.4) is 0 Å². The smallest absolute Gasteiger partial charge is 0.376 e. The lowest BCUT2D eigenvalue weighted by molar-refractivity contribution is 0.590. The molecule has 0 spiro atoms. The van der Waals surface area contributed by atoms with E-state index >= 15 is 0 Å². The fraction of sp³-hybridized carbons (Fsp3) is 0.138. The summed E-state index contributed by atoms with van der Waals surface area (Å²) in [4.78, 5) is 5.11. The van der Waals surface area contributed by atoms with Crippen molar-refractivity contribution in [2.75, 3.05) is 9.71 Å². The molecule has 0 unspecified atom stereocenters. The molecule has 0 bridgehead atoms. The fourth-order valence-electron chi connectivity index (χ4n) is 10.6. The highest BCUT2D eigenvalue weighted by molar-refractivity contribution is 7.26. The lowest BCUT2D eigenvalue weighted by Gasteiger charge is -2.44. The van der Waals surface area contributed by atoms with Crippen molar-refractivity contribution in [1.29, 1.82) is 0 Å². The Morgan fingerprint density at radius 3 is 1.88 bits per heavy atom. The van der Waals surface area contributed by atoms with E-state index in [0.717, 1.165) is 72.6 Å². The molecule has 2 aliphatic rings. The summed E-state index contributed by atoms with van der Waals surface area (Å²) in [5.41, 5.74) is 17.7. The first-order valence-corrected chi connectivity index (χ1v) is 23.2. The molecule has 308 valence electrons. The maximum atomic E-state index is 7.38. The zero-order valence-corrected chi connectivity index (χ0v) is 37.6. The van der Waals surface area contributed by atoms with Crippen molar-refractivity contribution in [3.63, 3.8) is 0 Å². The summed E-state index contributed by atoms with van der Waals surface area (Å²) in [7, 11) is 0. The molecule has 13 rings (SSSR count). The Morgan fingerprint density at radius 1 is 0.484 bits per heavy atom. The number of hydrogen-bond donors (Lipinski definition) is 0. The molecule has 0 fully saturated rings. The summed E-state index contributed by atoms with van der Waals surface area (Å²) >= 11 is 1.89. The molecular weight excluding hydrogens is 800 g/mol. The lowest BCUT2D eigenvalue weighted by atomic mass is 9.45. The predicted octanol–water partition coefficient (Wildman–Crippen LogP) is 15.7. The number of nitrogens with zero attached hydrogens (tertiary/aromatic N) is 2. The minimum Gasteiger partial charge on any atom is -0.466 e. The molecule has 0 saturated carbocycles. The molecule has 4 nitrogen and oxygen atoms in total. The molecule has 0 atom stereocenters. The van der Waals surface area contributed by atoms with Gasteiger partial charge in [0, 0.05) is 70.1 Å². The van der Waals surface area contributed by atoms with Gasteiger partial charge in [-0.25, -0.2) is 0 Å². The SMILES string of the molecule is CC(C)(C)c1ccc(N2B3c4oc5ccccc5c4N(c4ccc(C(C)(C)C)cc4-c4ccccc4)c4cc5c(sc6ccccc65)c(c43)-c3cc4oc5ccccc5c4cc32)cc1. The predicted molar refractivity (Wildman–Crippen MR) is 273 cm³/mol. The number of anilines is 5. The average molecular weight is 845 g/mol. The third-order valence-corrected chi connectivity index (χ3v) is 15.0. The summed E-state index contributed by atoms with van der Waals surface area (Å²) in [6, 6.07) is 60.4. The van der Waals surface area contributed by atoms with E-state index in [9.17, 15) is 0 Å². The second-order valence-electron chi connectivity index (χ2n) is 19.7. The molecule has 0 amide bonds. The van der Waals surface area contributed by atoms with Crippen molar-refractivity contribution < 1.29 is 8.83 Å². The van der Waals surface area contributed by atoms with E-state index in [1.165, 1.54) is 53.5 Å². The summed E-state index contributed by atoms with van der Waals surface area (Å²) in [6.07, 6.45) is 0. The minimum absolute atomic E-state index is 0.00298. The van der Waals surface area contributed by atoms with Gasteiger partial charge in [-0.15, -0.1) is 11.3 Å². The largest absolute Gasteiger partial charge is 0.466 e. The summed E-state index contributed by atoms with van der Waals surface area (Å²) in [5, 5.41) is 5.82. The van der Waals surface area contributed by atoms with Crippen LogP contribution in [0.25, 0.3) is 75.3 Å². The van der Waals surface area contributed by atoms with E-state index in [2.05, 4.69) is 215 Å². The van der Waals surface area contributed by atoms with Crippen LogP contribution < -0.4 is 20.8 Å². The van der Waals surface area contributed by atoms with Crippen LogP contribution in [0.1, 0.15) is 52.7 Å². The molecule has 11 aromatic rings. The summed E-state index contributed by atoms with van der Waals surface area (Å²) in [5.74, 6) is 0. The second-order valence-corrected chi connectivity index (χ2v) is 20.7. The van der Waals surface area contributed by atoms with Crippen LogP contribution in [0.4, 0.5) is 28.4 Å². The number of para-hydroxylation sites is 2. The first kappa shape index (κ1) is 37.5. The van der Waals surface area contributed by atoms with Gasteiger partial charge in [0.2, 0.25) is 0 Å². The molecular formula is C58H45BN2O2S. The Balaban J connectivity index is 1.22. The normalized spacial score (nSPS) is 13.7. The van der Waals surface area contributed by atoms with Crippen LogP contribution >= 0.6 is 11.3 Å². The second kappa shape index (κ2) is 13.3. The van der Waals surface area contributed by atoms with Crippen LogP contribution in [-0.4, -0.2) is 6.85 Å². The maximum Gasteiger partial charge on any atom is 0.376 e. The molecule has 0 saturated heterocycles. The zero-order chi connectivity index (χ0) is 43.2. The fourth-order valence-corrected chi connectivity index (χ4v) is 11.8. The van der Waals surface area contributed by atoms with Crippen LogP contribution in [0, 0.1) is 0 Å². The van der Waals surface area contributed by atoms with Crippen LogP contribution in [0.2, 0.25) is 0 Å². The number of furan rings is 2. The number of hydrogen-bond acceptors (Lipinski definition) is 5. The molecule has 0 radical (unpaired) electrons. The van der Waals surface area contributed by atoms with Crippen molar-refractivity contribution in [3.8, 4) is 22.3 Å². The van der Waals surface area contributed by atoms with E-state index in [-0.39, 0.29) is 17.7 Å². The van der Waals surface area contributed by atoms with Crippen LogP contribution in [0.15, 0.2) is 173 Å². The Morgan fingerprint density at radius 2 is 1.12 bits per heavy atom. The number of rotatable bonds is 3. The van der Waals surface area contributed by atoms with Crippen molar-refractivity contribution in [2.24, 2.45) is 0 Å². The molecule has 0 N–H and O–H groups in total. The van der Waals surface area contributed by atoms with Gasteiger partial charge in [0.25, 0.3) is 0 Å². The van der Waals surface area contributed by atoms with E-state index in [1.807, 2.05) is 11.3 Å². The van der Waals surface area contributed by atoms with E-state index in [0.29, 0.717) is 0 Å². The lowest BCUT2D eigenvalue weighted by Crippen LogP contribution is -2.61. The first-order valence-electron chi connectivity index (χ1n) is 22.4. The quantitative estimate of drug-likeness (QED) is 0.166. The maximum absolute atomic E-state index is 7.38. The number of fused-ring (bicyclic) bond motifs is 13. The van der Waals surface area contributed by atoms with Gasteiger partial charge in [-0.2, -0.15) is 0 Å². The molecule has 0 aliphatic carbocycles. The van der Waals surface area contributed by atoms with Gasteiger partial charge in [-0.3, -0.25) is 0 Å². The highest BCUT2D eigenvalue weighted by Crippen LogP contribution is 2.55. The van der Waals surface area contributed by atoms with Crippen molar-refractivity contribution in [1.82, 2.24) is 0 Å². The van der Waals surface area contributed by atoms with Crippen molar-refractivity contribution in [2.45, 2.75) is 52.4 Å². The number of benzene rings is 8. The molecule has 3 aromatic heterocycles. The monoisotopic (exact) mass is 844 g/mol. The summed E-state index contributed by atoms with van der Waals surface area (Å²) < 4.78 is 16.7. The number of thiophene rings is 1. The van der Waals surface area contributed by atoms with Gasteiger partial charge < -0.3 is 18.5 Å². The summed E-state index contributed by atoms with van der Waals surface area (Å²) in [6.45, 7) is 13.5. The van der Waals surface area contributed by atoms with Gasteiger partial charge in [0.05, 0.1) is 11.4 Å². The Bertz CT molecular complexity index is 3710.